The highest BCUT2D eigenvalue weighted by atomic mass is 32.2. The molecule has 1 atom stereocenters. The Morgan fingerprint density at radius 2 is 1.58 bits per heavy atom. The molecule has 0 aliphatic carbocycles. The Labute approximate surface area is 142 Å². The zero-order valence-corrected chi connectivity index (χ0v) is 14.1. The molecule has 2 N–H and O–H groups in total. The lowest BCUT2D eigenvalue weighted by molar-refractivity contribution is -0.120. The van der Waals surface area contributed by atoms with E-state index < -0.39 is 15.9 Å². The van der Waals surface area contributed by atoms with Crippen LogP contribution in [0.25, 0.3) is 0 Å². The van der Waals surface area contributed by atoms with Crippen LogP contribution in [-0.4, -0.2) is 31.7 Å². The molecule has 5 nitrogen and oxygen atoms in total. The van der Waals surface area contributed by atoms with E-state index >= 15 is 0 Å². The minimum absolute atomic E-state index is 0.0986. The second-order valence-electron chi connectivity index (χ2n) is 5.45. The highest BCUT2D eigenvalue weighted by Gasteiger charge is 2.16. The summed E-state index contributed by atoms with van der Waals surface area (Å²) in [6.45, 7) is 0.292. The van der Waals surface area contributed by atoms with Crippen LogP contribution >= 0.6 is 0 Å². The van der Waals surface area contributed by atoms with Crippen molar-refractivity contribution in [3.63, 3.8) is 0 Å². The molecule has 0 saturated carbocycles. The van der Waals surface area contributed by atoms with E-state index in [1.165, 1.54) is 12.1 Å². The number of rotatable bonds is 8. The van der Waals surface area contributed by atoms with Gasteiger partial charge in [-0.15, -0.1) is 0 Å². The van der Waals surface area contributed by atoms with Crippen LogP contribution in [0, 0.1) is 0 Å². The normalized spacial score (nSPS) is 12.5. The van der Waals surface area contributed by atoms with Crippen LogP contribution in [-0.2, 0) is 14.6 Å². The molecular weight excluding hydrogens is 326 g/mol. The number of benzene rings is 2. The first-order valence-electron chi connectivity index (χ1n) is 7.76. The zero-order chi connectivity index (χ0) is 17.4. The minimum atomic E-state index is -3.45. The van der Waals surface area contributed by atoms with Crippen LogP contribution in [0.15, 0.2) is 65.6 Å². The van der Waals surface area contributed by atoms with Gasteiger partial charge in [-0.2, -0.15) is 0 Å². The Hall–Kier alpha value is -2.18. The second-order valence-corrected chi connectivity index (χ2v) is 7.56. The van der Waals surface area contributed by atoms with Crippen molar-refractivity contribution in [3.8, 4) is 0 Å². The molecule has 0 radical (unpaired) electrons. The third-order valence-electron chi connectivity index (χ3n) is 3.62. The first kappa shape index (κ1) is 18.2. The van der Waals surface area contributed by atoms with Gasteiger partial charge in [0, 0.05) is 13.0 Å². The molecule has 1 amide bonds. The monoisotopic (exact) mass is 347 g/mol. The smallest absolute Gasteiger partial charge is 0.221 e. The molecule has 6 heteroatoms. The van der Waals surface area contributed by atoms with Gasteiger partial charge in [-0.25, -0.2) is 8.42 Å². The number of hydrogen-bond donors (Lipinski definition) is 2. The van der Waals surface area contributed by atoms with Crippen molar-refractivity contribution in [1.82, 2.24) is 5.32 Å². The van der Waals surface area contributed by atoms with E-state index in [1.807, 2.05) is 30.3 Å². The Morgan fingerprint density at radius 1 is 1.00 bits per heavy atom. The minimum Gasteiger partial charge on any atom is -0.388 e. The number of aliphatic hydroxyl groups excluding tert-OH is 1. The van der Waals surface area contributed by atoms with E-state index in [9.17, 15) is 18.3 Å². The lowest BCUT2D eigenvalue weighted by Crippen LogP contribution is -2.27. The van der Waals surface area contributed by atoms with E-state index in [0.717, 1.165) is 5.56 Å². The van der Waals surface area contributed by atoms with Gasteiger partial charge in [0.1, 0.15) is 0 Å². The van der Waals surface area contributed by atoms with Gasteiger partial charge in [0.2, 0.25) is 5.91 Å². The molecule has 0 heterocycles. The fourth-order valence-electron chi connectivity index (χ4n) is 2.25. The summed E-state index contributed by atoms with van der Waals surface area (Å²) in [4.78, 5) is 12.0. The average Bonchev–Trinajstić information content (AvgIpc) is 2.61. The van der Waals surface area contributed by atoms with Crippen LogP contribution in [0.1, 0.15) is 24.5 Å². The van der Waals surface area contributed by atoms with Crippen molar-refractivity contribution < 1.29 is 18.3 Å². The predicted octanol–water partition coefficient (Wildman–Crippen LogP) is 2.09. The van der Waals surface area contributed by atoms with Gasteiger partial charge in [0.25, 0.3) is 0 Å². The third kappa shape index (κ3) is 5.47. The average molecular weight is 347 g/mol. The van der Waals surface area contributed by atoms with Crippen LogP contribution in [0.2, 0.25) is 0 Å². The second kappa shape index (κ2) is 8.61. The Kier molecular flexibility index (Phi) is 6.52. The van der Waals surface area contributed by atoms with Crippen molar-refractivity contribution in [2.24, 2.45) is 0 Å². The van der Waals surface area contributed by atoms with E-state index in [4.69, 9.17) is 0 Å². The molecule has 0 aliphatic rings. The van der Waals surface area contributed by atoms with Crippen LogP contribution in [0.5, 0.6) is 0 Å². The van der Waals surface area contributed by atoms with Gasteiger partial charge < -0.3 is 10.4 Å². The van der Waals surface area contributed by atoms with Crippen molar-refractivity contribution in [3.05, 3.63) is 66.2 Å². The molecule has 0 aromatic heterocycles. The highest BCUT2D eigenvalue weighted by molar-refractivity contribution is 7.91. The Balaban J connectivity index is 1.74. The summed E-state index contributed by atoms with van der Waals surface area (Å²) in [5, 5.41) is 12.6. The number of aliphatic hydroxyl groups is 1. The molecule has 0 saturated heterocycles. The Morgan fingerprint density at radius 3 is 2.21 bits per heavy atom. The standard InChI is InChI=1S/C18H21NO4S/c20-17(15-7-3-1-4-8-15)11-13-19-18(21)12-14-24(22,23)16-9-5-2-6-10-16/h1-10,17,20H,11-14H2,(H,19,21). The van der Waals surface area contributed by atoms with E-state index in [0.29, 0.717) is 13.0 Å². The molecule has 2 rings (SSSR count). The predicted molar refractivity (Wildman–Crippen MR) is 92.1 cm³/mol. The molecule has 0 spiro atoms. The summed E-state index contributed by atoms with van der Waals surface area (Å²) < 4.78 is 24.2. The van der Waals surface area contributed by atoms with Crippen molar-refractivity contribution >= 4 is 15.7 Å². The van der Waals surface area contributed by atoms with Gasteiger partial charge in [-0.1, -0.05) is 48.5 Å². The zero-order valence-electron chi connectivity index (χ0n) is 13.3. The highest BCUT2D eigenvalue weighted by Crippen LogP contribution is 2.15. The number of hydrogen-bond acceptors (Lipinski definition) is 4. The first-order chi connectivity index (χ1) is 11.5. The molecule has 0 aliphatic heterocycles. The van der Waals surface area contributed by atoms with Crippen molar-refractivity contribution in [2.75, 3.05) is 12.3 Å². The molecular formula is C18H21NO4S. The van der Waals surface area contributed by atoms with Gasteiger partial charge in [-0.05, 0) is 24.1 Å². The first-order valence-corrected chi connectivity index (χ1v) is 9.42. The van der Waals surface area contributed by atoms with E-state index in [-0.39, 0.29) is 23.0 Å². The molecule has 24 heavy (non-hydrogen) atoms. The SMILES string of the molecule is O=C(CCS(=O)(=O)c1ccccc1)NCCC(O)c1ccccc1. The maximum Gasteiger partial charge on any atom is 0.221 e. The maximum atomic E-state index is 12.1. The third-order valence-corrected chi connectivity index (χ3v) is 5.36. The summed E-state index contributed by atoms with van der Waals surface area (Å²) in [7, 11) is -3.45. The van der Waals surface area contributed by atoms with Crippen LogP contribution in [0.4, 0.5) is 0 Å². The fraction of sp³-hybridized carbons (Fsp3) is 0.278. The number of carbonyl (C=O) groups excluding carboxylic acids is 1. The molecule has 2 aromatic rings. The lowest BCUT2D eigenvalue weighted by atomic mass is 10.1. The maximum absolute atomic E-state index is 12.1. The molecule has 128 valence electrons. The van der Waals surface area contributed by atoms with E-state index in [1.54, 1.807) is 18.2 Å². The number of nitrogens with one attached hydrogen (secondary N) is 1. The summed E-state index contributed by atoms with van der Waals surface area (Å²) in [6, 6.07) is 17.3. The number of sulfone groups is 1. The lowest BCUT2D eigenvalue weighted by Gasteiger charge is -2.11. The summed E-state index contributed by atoms with van der Waals surface area (Å²) in [5.74, 6) is -0.570. The van der Waals surface area contributed by atoms with Crippen LogP contribution in [0.3, 0.4) is 0 Å². The van der Waals surface area contributed by atoms with Crippen molar-refractivity contribution in [1.29, 1.82) is 0 Å². The van der Waals surface area contributed by atoms with Crippen molar-refractivity contribution in [2.45, 2.75) is 23.8 Å². The summed E-state index contributed by atoms with van der Waals surface area (Å²) >= 11 is 0. The van der Waals surface area contributed by atoms with Gasteiger partial charge in [0.05, 0.1) is 16.8 Å². The largest absolute Gasteiger partial charge is 0.388 e. The fourth-order valence-corrected chi connectivity index (χ4v) is 3.51. The van der Waals surface area contributed by atoms with Crippen LogP contribution < -0.4 is 5.32 Å². The summed E-state index contributed by atoms with van der Waals surface area (Å²) in [5.41, 5.74) is 0.790. The number of carbonyl (C=O) groups is 1. The number of amides is 1. The van der Waals surface area contributed by atoms with Gasteiger partial charge in [0.15, 0.2) is 9.84 Å². The quantitative estimate of drug-likeness (QED) is 0.766. The summed E-state index contributed by atoms with van der Waals surface area (Å²) in [6.07, 6.45) is -0.376. The molecule has 0 bridgehead atoms. The topological polar surface area (TPSA) is 83.5 Å². The molecule has 0 fully saturated rings. The Bertz CT molecular complexity index is 745. The van der Waals surface area contributed by atoms with Gasteiger partial charge in [-0.3, -0.25) is 4.79 Å². The molecule has 1 unspecified atom stereocenters. The molecule has 2 aromatic carbocycles. The van der Waals surface area contributed by atoms with Gasteiger partial charge >= 0.3 is 0 Å². The van der Waals surface area contributed by atoms with E-state index in [2.05, 4.69) is 5.32 Å².